The van der Waals surface area contributed by atoms with Crippen molar-refractivity contribution in [1.82, 2.24) is 5.32 Å². The molecule has 1 amide bonds. The molecule has 0 spiro atoms. The Balaban J connectivity index is 2.14. The van der Waals surface area contributed by atoms with Crippen molar-refractivity contribution in [3.8, 4) is 0 Å². The fourth-order valence-corrected chi connectivity index (χ4v) is 2.97. The summed E-state index contributed by atoms with van der Waals surface area (Å²) in [5.74, 6) is -0.164. The number of nitrogens with one attached hydrogen (secondary N) is 1. The number of aliphatic hydroxyl groups is 1. The minimum absolute atomic E-state index is 0.00992. The van der Waals surface area contributed by atoms with Crippen LogP contribution in [0.2, 0.25) is 0 Å². The number of nitrogens with two attached hydrogens (primary N) is 1. The highest BCUT2D eigenvalue weighted by Gasteiger charge is 2.33. The molecule has 5 heteroatoms. The van der Waals surface area contributed by atoms with Crippen molar-refractivity contribution in [3.05, 3.63) is 23.8 Å². The first kappa shape index (κ1) is 15.6. The minimum atomic E-state index is -0.468. The highest BCUT2D eigenvalue weighted by molar-refractivity contribution is 5.96. The average Bonchev–Trinajstić information content (AvgIpc) is 2.47. The summed E-state index contributed by atoms with van der Waals surface area (Å²) in [7, 11) is 3.82. The second-order valence-corrected chi connectivity index (χ2v) is 6.12. The van der Waals surface area contributed by atoms with Gasteiger partial charge in [0, 0.05) is 19.7 Å². The molecule has 0 heterocycles. The number of carbonyl (C=O) groups excluding carboxylic acids is 1. The Morgan fingerprint density at radius 1 is 1.33 bits per heavy atom. The molecule has 1 aliphatic rings. The van der Waals surface area contributed by atoms with E-state index < -0.39 is 5.54 Å². The Kier molecular flexibility index (Phi) is 4.73. The topological polar surface area (TPSA) is 78.6 Å². The molecule has 0 aliphatic heterocycles. The Morgan fingerprint density at radius 3 is 2.52 bits per heavy atom. The Morgan fingerprint density at radius 2 is 2.00 bits per heavy atom. The molecule has 1 fully saturated rings. The first-order valence-electron chi connectivity index (χ1n) is 7.48. The van der Waals surface area contributed by atoms with Gasteiger partial charge in [-0.05, 0) is 31.0 Å². The van der Waals surface area contributed by atoms with Gasteiger partial charge in [-0.25, -0.2) is 0 Å². The smallest absolute Gasteiger partial charge is 0.251 e. The molecule has 1 saturated carbocycles. The Labute approximate surface area is 126 Å². The van der Waals surface area contributed by atoms with Crippen molar-refractivity contribution < 1.29 is 9.90 Å². The van der Waals surface area contributed by atoms with Crippen LogP contribution in [0.1, 0.15) is 42.5 Å². The molecule has 0 atom stereocenters. The summed E-state index contributed by atoms with van der Waals surface area (Å²) in [5.41, 5.74) is 7.53. The molecule has 0 unspecified atom stereocenters. The van der Waals surface area contributed by atoms with Gasteiger partial charge in [0.2, 0.25) is 0 Å². The zero-order valence-electron chi connectivity index (χ0n) is 12.9. The van der Waals surface area contributed by atoms with E-state index in [9.17, 15) is 9.90 Å². The fourth-order valence-electron chi connectivity index (χ4n) is 2.97. The lowest BCUT2D eigenvalue weighted by atomic mass is 9.82. The number of anilines is 2. The van der Waals surface area contributed by atoms with Gasteiger partial charge in [0.15, 0.2) is 0 Å². The summed E-state index contributed by atoms with van der Waals surface area (Å²) in [4.78, 5) is 14.3. The van der Waals surface area contributed by atoms with Crippen LogP contribution in [0, 0.1) is 0 Å². The third-order valence-electron chi connectivity index (χ3n) is 4.26. The number of nitrogens with zero attached hydrogens (tertiary/aromatic N) is 1. The molecule has 0 saturated heterocycles. The molecule has 0 radical (unpaired) electrons. The van der Waals surface area contributed by atoms with Crippen molar-refractivity contribution in [2.45, 2.75) is 37.6 Å². The zero-order valence-corrected chi connectivity index (χ0v) is 12.9. The molecule has 1 aliphatic carbocycles. The van der Waals surface area contributed by atoms with E-state index >= 15 is 0 Å². The van der Waals surface area contributed by atoms with Gasteiger partial charge in [-0.1, -0.05) is 19.3 Å². The first-order chi connectivity index (χ1) is 9.97. The molecule has 0 bridgehead atoms. The monoisotopic (exact) mass is 291 g/mol. The van der Waals surface area contributed by atoms with Crippen molar-refractivity contribution in [1.29, 1.82) is 0 Å². The van der Waals surface area contributed by atoms with Crippen LogP contribution in [0.15, 0.2) is 18.2 Å². The van der Waals surface area contributed by atoms with E-state index in [0.29, 0.717) is 11.3 Å². The Hall–Kier alpha value is -1.75. The molecular weight excluding hydrogens is 266 g/mol. The minimum Gasteiger partial charge on any atom is -0.397 e. The van der Waals surface area contributed by atoms with Gasteiger partial charge in [0.05, 0.1) is 23.5 Å². The third kappa shape index (κ3) is 3.47. The second kappa shape index (κ2) is 6.35. The summed E-state index contributed by atoms with van der Waals surface area (Å²) in [5, 5.41) is 12.7. The first-order valence-corrected chi connectivity index (χ1v) is 7.48. The number of hydrogen-bond donors (Lipinski definition) is 3. The van der Waals surface area contributed by atoms with Gasteiger partial charge in [-0.15, -0.1) is 0 Å². The number of hydrogen-bond acceptors (Lipinski definition) is 4. The van der Waals surface area contributed by atoms with Gasteiger partial charge in [-0.2, -0.15) is 0 Å². The van der Waals surface area contributed by atoms with E-state index in [-0.39, 0.29) is 12.5 Å². The molecule has 4 N–H and O–H groups in total. The molecule has 21 heavy (non-hydrogen) atoms. The lowest BCUT2D eigenvalue weighted by molar-refractivity contribution is 0.0758. The zero-order chi connectivity index (χ0) is 15.5. The molecule has 116 valence electrons. The summed E-state index contributed by atoms with van der Waals surface area (Å²) in [6.45, 7) is -0.00992. The normalized spacial score (nSPS) is 17.3. The lowest BCUT2D eigenvalue weighted by Gasteiger charge is -2.36. The SMILES string of the molecule is CN(C)c1ccc(C(=O)NC2(CO)CCCCC2)cc1N. The third-order valence-corrected chi connectivity index (χ3v) is 4.26. The number of benzene rings is 1. The number of nitrogen functional groups attached to an aromatic ring is 1. The van der Waals surface area contributed by atoms with E-state index in [1.165, 1.54) is 6.42 Å². The van der Waals surface area contributed by atoms with Gasteiger partial charge in [0.25, 0.3) is 5.91 Å². The maximum atomic E-state index is 12.4. The summed E-state index contributed by atoms with van der Waals surface area (Å²) in [6.07, 6.45) is 4.92. The van der Waals surface area contributed by atoms with Gasteiger partial charge in [0.1, 0.15) is 0 Å². The van der Waals surface area contributed by atoms with Crippen molar-refractivity contribution in [3.63, 3.8) is 0 Å². The van der Waals surface area contributed by atoms with Gasteiger partial charge < -0.3 is 21.1 Å². The number of carbonyl (C=O) groups is 1. The van der Waals surface area contributed by atoms with E-state index in [1.54, 1.807) is 12.1 Å². The molecule has 5 nitrogen and oxygen atoms in total. The van der Waals surface area contributed by atoms with E-state index in [1.807, 2.05) is 25.1 Å². The number of amides is 1. The van der Waals surface area contributed by atoms with Crippen LogP contribution in [0.3, 0.4) is 0 Å². The number of aliphatic hydroxyl groups excluding tert-OH is 1. The van der Waals surface area contributed by atoms with E-state index in [0.717, 1.165) is 31.4 Å². The largest absolute Gasteiger partial charge is 0.397 e. The van der Waals surface area contributed by atoms with E-state index in [2.05, 4.69) is 5.32 Å². The van der Waals surface area contributed by atoms with Crippen LogP contribution in [-0.4, -0.2) is 37.3 Å². The summed E-state index contributed by atoms with van der Waals surface area (Å²) >= 11 is 0. The maximum Gasteiger partial charge on any atom is 0.251 e. The molecule has 1 aromatic rings. The van der Waals surface area contributed by atoms with Crippen LogP contribution < -0.4 is 16.0 Å². The molecule has 1 aromatic carbocycles. The summed E-state index contributed by atoms with van der Waals surface area (Å²) < 4.78 is 0. The van der Waals surface area contributed by atoms with Crippen LogP contribution in [0.4, 0.5) is 11.4 Å². The number of rotatable bonds is 4. The predicted molar refractivity (Wildman–Crippen MR) is 85.5 cm³/mol. The average molecular weight is 291 g/mol. The fraction of sp³-hybridized carbons (Fsp3) is 0.562. The standard InChI is InChI=1S/C16H25N3O2/c1-19(2)14-7-6-12(10-13(14)17)15(21)18-16(11-20)8-4-3-5-9-16/h6-7,10,20H,3-5,8-9,11,17H2,1-2H3,(H,18,21). The predicted octanol–water partition coefficient (Wildman–Crippen LogP) is 1.76. The van der Waals surface area contributed by atoms with Crippen molar-refractivity contribution >= 4 is 17.3 Å². The van der Waals surface area contributed by atoms with Crippen molar-refractivity contribution in [2.75, 3.05) is 31.3 Å². The van der Waals surface area contributed by atoms with Crippen molar-refractivity contribution in [2.24, 2.45) is 0 Å². The molecule has 0 aromatic heterocycles. The summed E-state index contributed by atoms with van der Waals surface area (Å²) in [6, 6.07) is 5.31. The van der Waals surface area contributed by atoms with Crippen LogP contribution in [0.25, 0.3) is 0 Å². The van der Waals surface area contributed by atoms with Crippen LogP contribution >= 0.6 is 0 Å². The van der Waals surface area contributed by atoms with Gasteiger partial charge >= 0.3 is 0 Å². The van der Waals surface area contributed by atoms with Crippen LogP contribution in [0.5, 0.6) is 0 Å². The lowest BCUT2D eigenvalue weighted by Crippen LogP contribution is -2.52. The molecule has 2 rings (SSSR count). The van der Waals surface area contributed by atoms with E-state index in [4.69, 9.17) is 5.73 Å². The highest BCUT2D eigenvalue weighted by Crippen LogP contribution is 2.29. The van der Waals surface area contributed by atoms with Gasteiger partial charge in [-0.3, -0.25) is 4.79 Å². The quantitative estimate of drug-likeness (QED) is 0.739. The second-order valence-electron chi connectivity index (χ2n) is 6.12. The molecular formula is C16H25N3O2. The maximum absolute atomic E-state index is 12.4. The Bertz CT molecular complexity index is 508. The highest BCUT2D eigenvalue weighted by atomic mass is 16.3. The van der Waals surface area contributed by atoms with Crippen LogP contribution in [-0.2, 0) is 0 Å².